The first kappa shape index (κ1) is 12.8. The van der Waals surface area contributed by atoms with E-state index < -0.39 is 0 Å². The zero-order valence-corrected chi connectivity index (χ0v) is 6.72. The number of hydrogen-bond acceptors (Lipinski definition) is 0. The van der Waals surface area contributed by atoms with Gasteiger partial charge in [-0.1, -0.05) is 0 Å². The minimum atomic E-state index is 0. The van der Waals surface area contributed by atoms with Gasteiger partial charge in [0.05, 0.1) is 0 Å². The Kier molecular flexibility index (Phi) is 7.56. The van der Waals surface area contributed by atoms with Crippen molar-refractivity contribution in [2.75, 3.05) is 0 Å². The molecule has 0 spiro atoms. The molecule has 0 aromatic heterocycles. The van der Waals surface area contributed by atoms with E-state index in [1.807, 2.05) is 24.3 Å². The van der Waals surface area contributed by atoms with Crippen molar-refractivity contribution in [1.29, 1.82) is 0 Å². The summed E-state index contributed by atoms with van der Waals surface area (Å²) in [6.45, 7) is 7.52. The van der Waals surface area contributed by atoms with Crippen LogP contribution in [0.25, 0.3) is 0 Å². The van der Waals surface area contributed by atoms with Crippen LogP contribution in [-0.2, 0) is 0 Å². The molecule has 0 aliphatic carbocycles. The first-order chi connectivity index (χ1) is 3.80. The van der Waals surface area contributed by atoms with Crippen molar-refractivity contribution in [1.82, 2.24) is 0 Å². The van der Waals surface area contributed by atoms with Crippen LogP contribution in [0, 0.1) is 13.8 Å². The Balaban J connectivity index is 0. The number of benzene rings is 1. The van der Waals surface area contributed by atoms with Crippen LogP contribution >= 0.6 is 0 Å². The van der Waals surface area contributed by atoms with Gasteiger partial charge in [0.15, 0.2) is 0 Å². The SMILES string of the molecule is [CH2-]c1ccccc1[CH2-].[Li+].[Li+]. The van der Waals surface area contributed by atoms with Crippen molar-refractivity contribution in [3.05, 3.63) is 49.2 Å². The van der Waals surface area contributed by atoms with E-state index in [0.717, 1.165) is 11.1 Å². The van der Waals surface area contributed by atoms with Gasteiger partial charge in [-0.25, -0.2) is 12.1 Å². The fraction of sp³-hybridized carbons (Fsp3) is 0. The second kappa shape index (κ2) is 5.90. The molecule has 0 saturated heterocycles. The first-order valence-electron chi connectivity index (χ1n) is 2.53. The largest absolute Gasteiger partial charge is 1.00 e. The Bertz CT molecular complexity index is 163. The zero-order chi connectivity index (χ0) is 5.98. The van der Waals surface area contributed by atoms with Gasteiger partial charge in [0.25, 0.3) is 0 Å². The van der Waals surface area contributed by atoms with Crippen LogP contribution < -0.4 is 37.7 Å². The van der Waals surface area contributed by atoms with Gasteiger partial charge >= 0.3 is 37.7 Å². The minimum Gasteiger partial charge on any atom is -0.299 e. The van der Waals surface area contributed by atoms with Gasteiger partial charge in [0.2, 0.25) is 0 Å². The maximum absolute atomic E-state index is 3.76. The van der Waals surface area contributed by atoms with Crippen LogP contribution in [-0.4, -0.2) is 0 Å². The van der Waals surface area contributed by atoms with Crippen molar-refractivity contribution >= 4 is 0 Å². The number of hydrogen-bond donors (Lipinski definition) is 0. The molecule has 0 atom stereocenters. The topological polar surface area (TPSA) is 0 Å². The van der Waals surface area contributed by atoms with E-state index in [4.69, 9.17) is 0 Å². The van der Waals surface area contributed by atoms with E-state index in [0.29, 0.717) is 0 Å². The average Bonchev–Trinajstić information content (AvgIpc) is 1.77. The molecule has 1 aromatic rings. The van der Waals surface area contributed by atoms with Crippen LogP contribution in [0.4, 0.5) is 0 Å². The van der Waals surface area contributed by atoms with Gasteiger partial charge in [-0.05, 0) is 0 Å². The van der Waals surface area contributed by atoms with Crippen LogP contribution in [0.3, 0.4) is 0 Å². The normalized spacial score (nSPS) is 7.20. The summed E-state index contributed by atoms with van der Waals surface area (Å²) < 4.78 is 0. The molecule has 0 bridgehead atoms. The summed E-state index contributed by atoms with van der Waals surface area (Å²) in [6.07, 6.45) is 0. The predicted octanol–water partition coefficient (Wildman–Crippen LogP) is -3.94. The van der Waals surface area contributed by atoms with E-state index in [2.05, 4.69) is 13.8 Å². The van der Waals surface area contributed by atoms with Crippen molar-refractivity contribution in [3.63, 3.8) is 0 Å². The molecule has 0 heterocycles. The Morgan fingerprint density at radius 3 is 1.30 bits per heavy atom. The molecule has 0 unspecified atom stereocenters. The summed E-state index contributed by atoms with van der Waals surface area (Å²) in [5.41, 5.74) is 2.01. The Hall–Kier alpha value is 0.155. The molecule has 0 aliphatic rings. The van der Waals surface area contributed by atoms with Crippen molar-refractivity contribution in [2.45, 2.75) is 0 Å². The molecule has 1 rings (SSSR count). The molecule has 0 aliphatic heterocycles. The first-order valence-corrected chi connectivity index (χ1v) is 2.53. The fourth-order valence-corrected chi connectivity index (χ4v) is 0.557. The Morgan fingerprint density at radius 1 is 0.800 bits per heavy atom. The van der Waals surface area contributed by atoms with Crippen LogP contribution in [0.5, 0.6) is 0 Å². The zero-order valence-electron chi connectivity index (χ0n) is 6.72. The van der Waals surface area contributed by atoms with Gasteiger partial charge in [0.1, 0.15) is 0 Å². The summed E-state index contributed by atoms with van der Waals surface area (Å²) >= 11 is 0. The minimum absolute atomic E-state index is 0. The molecule has 0 fully saturated rings. The van der Waals surface area contributed by atoms with E-state index in [9.17, 15) is 0 Å². The van der Waals surface area contributed by atoms with Crippen LogP contribution in [0.15, 0.2) is 24.3 Å². The summed E-state index contributed by atoms with van der Waals surface area (Å²) in [7, 11) is 0. The average molecular weight is 118 g/mol. The van der Waals surface area contributed by atoms with Crippen LogP contribution in [0.2, 0.25) is 0 Å². The fourth-order valence-electron chi connectivity index (χ4n) is 0.557. The van der Waals surface area contributed by atoms with Gasteiger partial charge < -0.3 is 0 Å². The molecule has 0 radical (unpaired) electrons. The second-order valence-corrected chi connectivity index (χ2v) is 1.77. The molecule has 0 nitrogen and oxygen atoms in total. The molecule has 2 heteroatoms. The van der Waals surface area contributed by atoms with Gasteiger partial charge in [-0.2, -0.15) is 0 Å². The molecule has 42 valence electrons. The second-order valence-electron chi connectivity index (χ2n) is 1.77. The molecule has 1 aromatic carbocycles. The summed E-state index contributed by atoms with van der Waals surface area (Å²) in [5, 5.41) is 0. The predicted molar refractivity (Wildman–Crippen MR) is 35.4 cm³/mol. The third-order valence-electron chi connectivity index (χ3n) is 1.12. The number of rotatable bonds is 0. The third kappa shape index (κ3) is 3.35. The molecular formula is C8H8Li2. The standard InChI is InChI=1S/C8H8.2Li/c1-7-5-3-4-6-8(7)2;;/h3-6H,1-2H2;;/q-2;2*+1. The summed E-state index contributed by atoms with van der Waals surface area (Å²) in [6, 6.07) is 7.80. The van der Waals surface area contributed by atoms with Gasteiger partial charge in [0, 0.05) is 0 Å². The quantitative estimate of drug-likeness (QED) is 0.241. The Labute approximate surface area is 86.8 Å². The summed E-state index contributed by atoms with van der Waals surface area (Å²) in [4.78, 5) is 0. The monoisotopic (exact) mass is 118 g/mol. The molecule has 0 saturated carbocycles. The van der Waals surface area contributed by atoms with E-state index in [-0.39, 0.29) is 37.7 Å². The maximum Gasteiger partial charge on any atom is 1.00 e. The van der Waals surface area contributed by atoms with Crippen LogP contribution in [0.1, 0.15) is 11.1 Å². The molecule has 0 amide bonds. The van der Waals surface area contributed by atoms with E-state index >= 15 is 0 Å². The molecule has 10 heavy (non-hydrogen) atoms. The molecular weight excluding hydrogens is 110 g/mol. The van der Waals surface area contributed by atoms with Crippen molar-refractivity contribution in [2.24, 2.45) is 0 Å². The van der Waals surface area contributed by atoms with Gasteiger partial charge in [-0.15, -0.1) is 12.1 Å². The summed E-state index contributed by atoms with van der Waals surface area (Å²) in [5.74, 6) is 0. The van der Waals surface area contributed by atoms with Gasteiger partial charge in [-0.3, -0.25) is 25.0 Å². The third-order valence-corrected chi connectivity index (χ3v) is 1.12. The van der Waals surface area contributed by atoms with Crippen molar-refractivity contribution < 1.29 is 37.7 Å². The molecule has 0 N–H and O–H groups in total. The van der Waals surface area contributed by atoms with E-state index in [1.54, 1.807) is 0 Å². The maximum atomic E-state index is 3.76. The van der Waals surface area contributed by atoms with E-state index in [1.165, 1.54) is 0 Å². The Morgan fingerprint density at radius 2 is 1.10 bits per heavy atom. The smallest absolute Gasteiger partial charge is 0.299 e. The van der Waals surface area contributed by atoms with Crippen molar-refractivity contribution in [3.8, 4) is 0 Å².